The Kier molecular flexibility index (Phi) is 3.04. The zero-order chi connectivity index (χ0) is 12.6. The van der Waals surface area contributed by atoms with Crippen LogP contribution >= 0.6 is 0 Å². The third-order valence-corrected chi connectivity index (χ3v) is 4.67. The van der Waals surface area contributed by atoms with Gasteiger partial charge in [-0.3, -0.25) is 0 Å². The summed E-state index contributed by atoms with van der Waals surface area (Å²) in [5, 5.41) is 13.7. The molecule has 0 bridgehead atoms. The second-order valence-corrected chi connectivity index (χ2v) is 5.56. The van der Waals surface area contributed by atoms with Crippen molar-refractivity contribution in [1.82, 2.24) is 5.32 Å². The lowest BCUT2D eigenvalue weighted by Crippen LogP contribution is -2.60. The van der Waals surface area contributed by atoms with Crippen molar-refractivity contribution >= 4 is 5.69 Å². The average Bonchev–Trinajstić information content (AvgIpc) is 2.83. The molecule has 1 aromatic carbocycles. The van der Waals surface area contributed by atoms with Crippen molar-refractivity contribution in [2.24, 2.45) is 0 Å². The predicted molar refractivity (Wildman–Crippen MR) is 74.0 cm³/mol. The van der Waals surface area contributed by atoms with Gasteiger partial charge >= 0.3 is 0 Å². The molecule has 0 aliphatic carbocycles. The van der Waals surface area contributed by atoms with E-state index in [0.717, 1.165) is 38.9 Å². The number of nitrogens with one attached hydrogen (secondary N) is 1. The molecule has 98 valence electrons. The summed E-state index contributed by atoms with van der Waals surface area (Å²) in [5.74, 6) is 0. The number of para-hydroxylation sites is 1. The molecule has 0 aromatic heterocycles. The summed E-state index contributed by atoms with van der Waals surface area (Å²) in [7, 11) is 0. The van der Waals surface area contributed by atoms with Crippen molar-refractivity contribution in [3.63, 3.8) is 0 Å². The maximum atomic E-state index is 10.3. The molecule has 1 atom stereocenters. The van der Waals surface area contributed by atoms with Crippen molar-refractivity contribution < 1.29 is 5.11 Å². The summed E-state index contributed by atoms with van der Waals surface area (Å²) >= 11 is 0. The summed E-state index contributed by atoms with van der Waals surface area (Å²) < 4.78 is 0. The van der Waals surface area contributed by atoms with Crippen LogP contribution in [0.4, 0.5) is 5.69 Å². The number of hydrogen-bond donors (Lipinski definition) is 2. The topological polar surface area (TPSA) is 35.5 Å². The molecule has 3 nitrogen and oxygen atoms in total. The molecule has 0 saturated carbocycles. The van der Waals surface area contributed by atoms with E-state index >= 15 is 0 Å². The summed E-state index contributed by atoms with van der Waals surface area (Å²) in [4.78, 5) is 2.47. The van der Waals surface area contributed by atoms with Crippen LogP contribution in [0.1, 0.15) is 25.3 Å². The Balaban J connectivity index is 1.97. The van der Waals surface area contributed by atoms with Gasteiger partial charge in [0.05, 0.1) is 11.6 Å². The molecule has 1 aromatic rings. The number of piperidine rings is 1. The van der Waals surface area contributed by atoms with E-state index in [9.17, 15) is 5.11 Å². The highest BCUT2D eigenvalue weighted by Gasteiger charge is 2.44. The lowest BCUT2D eigenvalue weighted by Gasteiger charge is -2.48. The van der Waals surface area contributed by atoms with Gasteiger partial charge in [0.25, 0.3) is 0 Å². The van der Waals surface area contributed by atoms with Gasteiger partial charge in [-0.25, -0.2) is 0 Å². The fourth-order valence-electron chi connectivity index (χ4n) is 3.57. The van der Waals surface area contributed by atoms with E-state index in [1.165, 1.54) is 11.3 Å². The first-order valence-electron chi connectivity index (χ1n) is 6.98. The number of benzene rings is 1. The van der Waals surface area contributed by atoms with Crippen LogP contribution in [0.5, 0.6) is 0 Å². The summed E-state index contributed by atoms with van der Waals surface area (Å²) in [6, 6.07) is 8.63. The first-order chi connectivity index (χ1) is 8.74. The minimum atomic E-state index is -0.286. The molecule has 1 saturated heterocycles. The Morgan fingerprint density at radius 1 is 1.28 bits per heavy atom. The highest BCUT2D eigenvalue weighted by Crippen LogP contribution is 2.39. The molecule has 3 heteroatoms. The summed E-state index contributed by atoms with van der Waals surface area (Å²) in [6.07, 6.45) is 2.88. The lowest BCUT2D eigenvalue weighted by molar-refractivity contribution is 0.0729. The van der Waals surface area contributed by atoms with Crippen molar-refractivity contribution in [3.05, 3.63) is 29.8 Å². The number of fused-ring (bicyclic) bond motifs is 1. The molecule has 1 unspecified atom stereocenters. The molecule has 0 radical (unpaired) electrons. The molecular formula is C15H22N2O. The van der Waals surface area contributed by atoms with Crippen LogP contribution < -0.4 is 10.2 Å². The van der Waals surface area contributed by atoms with Crippen LogP contribution in [-0.2, 0) is 6.42 Å². The molecule has 18 heavy (non-hydrogen) atoms. The van der Waals surface area contributed by atoms with Crippen LogP contribution in [0.2, 0.25) is 0 Å². The van der Waals surface area contributed by atoms with Crippen molar-refractivity contribution in [1.29, 1.82) is 0 Å². The predicted octanol–water partition coefficient (Wildman–Crippen LogP) is 1.55. The van der Waals surface area contributed by atoms with E-state index in [-0.39, 0.29) is 11.6 Å². The maximum Gasteiger partial charge on any atom is 0.0744 e. The molecule has 0 amide bonds. The van der Waals surface area contributed by atoms with E-state index in [0.29, 0.717) is 0 Å². The van der Waals surface area contributed by atoms with Crippen molar-refractivity contribution in [3.8, 4) is 0 Å². The highest BCUT2D eigenvalue weighted by atomic mass is 16.3. The van der Waals surface area contributed by atoms with Crippen LogP contribution in [0.15, 0.2) is 24.3 Å². The average molecular weight is 246 g/mol. The van der Waals surface area contributed by atoms with Crippen molar-refractivity contribution in [2.75, 3.05) is 24.5 Å². The molecular weight excluding hydrogens is 224 g/mol. The number of hydrogen-bond acceptors (Lipinski definition) is 3. The largest absolute Gasteiger partial charge is 0.391 e. The van der Waals surface area contributed by atoms with Crippen LogP contribution in [-0.4, -0.2) is 36.4 Å². The van der Waals surface area contributed by atoms with E-state index < -0.39 is 0 Å². The highest BCUT2D eigenvalue weighted by molar-refractivity contribution is 5.60. The number of anilines is 1. The fraction of sp³-hybridized carbons (Fsp3) is 0.600. The molecule has 2 N–H and O–H groups in total. The Morgan fingerprint density at radius 3 is 2.72 bits per heavy atom. The number of aliphatic hydroxyl groups is 1. The Hall–Kier alpha value is -1.06. The number of nitrogens with zero attached hydrogens (tertiary/aromatic N) is 1. The smallest absolute Gasteiger partial charge is 0.0744 e. The molecule has 3 rings (SSSR count). The first kappa shape index (κ1) is 12.0. The second kappa shape index (κ2) is 4.56. The van der Waals surface area contributed by atoms with E-state index in [2.05, 4.69) is 34.5 Å². The van der Waals surface area contributed by atoms with Gasteiger partial charge in [0.2, 0.25) is 0 Å². The maximum absolute atomic E-state index is 10.3. The quantitative estimate of drug-likeness (QED) is 0.831. The Morgan fingerprint density at radius 2 is 2.00 bits per heavy atom. The number of rotatable bonds is 2. The fourth-order valence-corrected chi connectivity index (χ4v) is 3.57. The number of aliphatic hydroxyl groups excluding tert-OH is 1. The molecule has 2 heterocycles. The monoisotopic (exact) mass is 246 g/mol. The Bertz CT molecular complexity index is 424. The SMILES string of the molecule is CC(O)C1(N2CCc3ccccc32)CCNCC1. The zero-order valence-electron chi connectivity index (χ0n) is 11.0. The van der Waals surface area contributed by atoms with Gasteiger partial charge in [-0.2, -0.15) is 0 Å². The van der Waals surface area contributed by atoms with Gasteiger partial charge in [-0.1, -0.05) is 18.2 Å². The van der Waals surface area contributed by atoms with E-state index in [1.807, 2.05) is 6.92 Å². The minimum Gasteiger partial charge on any atom is -0.391 e. The van der Waals surface area contributed by atoms with Gasteiger partial charge in [-0.15, -0.1) is 0 Å². The van der Waals surface area contributed by atoms with Crippen LogP contribution in [0, 0.1) is 0 Å². The first-order valence-corrected chi connectivity index (χ1v) is 6.98. The van der Waals surface area contributed by atoms with E-state index in [4.69, 9.17) is 0 Å². The zero-order valence-corrected chi connectivity index (χ0v) is 11.0. The van der Waals surface area contributed by atoms with E-state index in [1.54, 1.807) is 0 Å². The van der Waals surface area contributed by atoms with Gasteiger partial charge in [0.15, 0.2) is 0 Å². The van der Waals surface area contributed by atoms with Crippen LogP contribution in [0.25, 0.3) is 0 Å². The van der Waals surface area contributed by atoms with Gasteiger partial charge < -0.3 is 15.3 Å². The lowest BCUT2D eigenvalue weighted by atomic mass is 9.81. The Labute approximate surface area is 109 Å². The van der Waals surface area contributed by atoms with Gasteiger partial charge in [0.1, 0.15) is 0 Å². The van der Waals surface area contributed by atoms with Gasteiger partial charge in [0, 0.05) is 12.2 Å². The van der Waals surface area contributed by atoms with Crippen molar-refractivity contribution in [2.45, 2.75) is 37.8 Å². The second-order valence-electron chi connectivity index (χ2n) is 5.56. The van der Waals surface area contributed by atoms with Crippen LogP contribution in [0.3, 0.4) is 0 Å². The summed E-state index contributed by atoms with van der Waals surface area (Å²) in [6.45, 7) is 5.00. The third-order valence-electron chi connectivity index (χ3n) is 4.67. The minimum absolute atomic E-state index is 0.0716. The third kappa shape index (κ3) is 1.73. The molecule has 2 aliphatic rings. The summed E-state index contributed by atoms with van der Waals surface area (Å²) in [5.41, 5.74) is 2.69. The standard InChI is InChI=1S/C15H22N2O/c1-12(18)15(7-9-16-10-8-15)17-11-6-13-4-2-3-5-14(13)17/h2-5,12,16,18H,6-11H2,1H3. The molecule has 0 spiro atoms. The molecule has 2 aliphatic heterocycles. The van der Waals surface area contributed by atoms with Gasteiger partial charge in [-0.05, 0) is 50.9 Å². The normalized spacial score (nSPS) is 23.8. The molecule has 1 fully saturated rings.